The summed E-state index contributed by atoms with van der Waals surface area (Å²) in [5.41, 5.74) is 4.54. The third-order valence-electron chi connectivity index (χ3n) is 3.08. The van der Waals surface area contributed by atoms with Crippen molar-refractivity contribution in [2.75, 3.05) is 0 Å². The predicted molar refractivity (Wildman–Crippen MR) is 70.3 cm³/mol. The van der Waals surface area contributed by atoms with Gasteiger partial charge in [-0.1, -0.05) is 0 Å². The molecule has 0 saturated carbocycles. The number of halogens is 2. The summed E-state index contributed by atoms with van der Waals surface area (Å²) < 4.78 is 4.27. The van der Waals surface area contributed by atoms with Crippen molar-refractivity contribution in [1.29, 1.82) is 0 Å². The van der Waals surface area contributed by atoms with E-state index < -0.39 is 18.5 Å². The Balaban J connectivity index is 2.65. The van der Waals surface area contributed by atoms with Gasteiger partial charge in [-0.05, 0) is 0 Å². The van der Waals surface area contributed by atoms with Gasteiger partial charge in [-0.15, -0.1) is 0 Å². The van der Waals surface area contributed by atoms with E-state index in [2.05, 4.69) is 57.0 Å². The first-order valence-electron chi connectivity index (χ1n) is 5.54. The van der Waals surface area contributed by atoms with Crippen LogP contribution >= 0.6 is 17.0 Å². The number of aromatic nitrogens is 2. The number of hydrogen-bond donors (Lipinski definition) is 0. The molecule has 0 amide bonds. The Morgan fingerprint density at radius 1 is 0.706 bits per heavy atom. The van der Waals surface area contributed by atoms with E-state index in [0.29, 0.717) is 0 Å². The van der Waals surface area contributed by atoms with Gasteiger partial charge in [0.1, 0.15) is 0 Å². The van der Waals surface area contributed by atoms with Crippen LogP contribution in [0.15, 0.2) is 24.3 Å². The summed E-state index contributed by atoms with van der Waals surface area (Å²) in [5, 5.41) is 0. The molecule has 0 spiro atoms. The van der Waals surface area contributed by atoms with Crippen molar-refractivity contribution in [1.82, 2.24) is 5.02 Å². The molecule has 0 saturated heterocycles. The molecule has 2 heterocycles. The van der Waals surface area contributed by atoms with E-state index >= 15 is 0 Å². The molecule has 17 heavy (non-hydrogen) atoms. The van der Waals surface area contributed by atoms with Gasteiger partial charge < -0.3 is 0 Å². The molecule has 2 aromatic heterocycles. The number of nitrogens with zero attached hydrogens (tertiary/aromatic N) is 2. The third-order valence-corrected chi connectivity index (χ3v) is 13.2. The summed E-state index contributed by atoms with van der Waals surface area (Å²) in [6.07, 6.45) is 0. The maximum absolute atomic E-state index is 6.79. The topological polar surface area (TPSA) is 9.86 Å². The van der Waals surface area contributed by atoms with Crippen molar-refractivity contribution < 1.29 is 18.5 Å². The molecule has 0 radical (unpaired) electrons. The van der Waals surface area contributed by atoms with E-state index in [1.54, 1.807) is 0 Å². The van der Waals surface area contributed by atoms with Crippen LogP contribution in [0.2, 0.25) is 0 Å². The monoisotopic (exact) mass is 348 g/mol. The molecule has 2 rings (SSSR count). The SMILES string of the molecule is Cc1ccc(C)[n]1[Zr]([Cl])([Cl])[n]1c(C)ccc1C. The van der Waals surface area contributed by atoms with Gasteiger partial charge in [0.05, 0.1) is 0 Å². The van der Waals surface area contributed by atoms with E-state index in [-0.39, 0.29) is 0 Å². The van der Waals surface area contributed by atoms with Gasteiger partial charge in [0.2, 0.25) is 0 Å². The van der Waals surface area contributed by atoms with Crippen LogP contribution in [-0.2, 0) is 18.5 Å². The molecule has 0 N–H and O–H groups in total. The zero-order chi connectivity index (χ0) is 12.8. The van der Waals surface area contributed by atoms with Crippen LogP contribution in [0.3, 0.4) is 0 Å². The third kappa shape index (κ3) is 2.18. The molecule has 2 aromatic rings. The van der Waals surface area contributed by atoms with Crippen molar-refractivity contribution in [2.45, 2.75) is 27.7 Å². The summed E-state index contributed by atoms with van der Waals surface area (Å²) in [4.78, 5) is 0. The van der Waals surface area contributed by atoms with Gasteiger partial charge in [0, 0.05) is 0 Å². The number of rotatable bonds is 2. The first kappa shape index (κ1) is 13.5. The molecule has 5 heteroatoms. The molecule has 0 aliphatic rings. The summed E-state index contributed by atoms with van der Waals surface area (Å²) in [5.74, 6) is 0. The van der Waals surface area contributed by atoms with Crippen LogP contribution in [0.4, 0.5) is 0 Å². The summed E-state index contributed by atoms with van der Waals surface area (Å²) in [7, 11) is 13.6. The molecular formula is C12H16Cl2N2Zr. The minimum atomic E-state index is -3.59. The van der Waals surface area contributed by atoms with E-state index in [1.807, 2.05) is 0 Å². The summed E-state index contributed by atoms with van der Waals surface area (Å²) in [6.45, 7) is 8.21. The first-order valence-corrected chi connectivity index (χ1v) is 14.1. The number of hydrogen-bond acceptors (Lipinski definition) is 0. The second-order valence-electron chi connectivity index (χ2n) is 4.41. The van der Waals surface area contributed by atoms with Crippen LogP contribution in [0, 0.1) is 27.7 Å². The minimum absolute atomic E-state index is 1.14. The summed E-state index contributed by atoms with van der Waals surface area (Å²) in [6, 6.07) is 8.28. The van der Waals surface area contributed by atoms with Gasteiger partial charge in [0.25, 0.3) is 0 Å². The van der Waals surface area contributed by atoms with Crippen LogP contribution in [0.1, 0.15) is 22.8 Å². The Hall–Kier alpha value is 0.0231. The van der Waals surface area contributed by atoms with E-state index in [1.165, 1.54) is 0 Å². The fraction of sp³-hybridized carbons (Fsp3) is 0.333. The zero-order valence-electron chi connectivity index (χ0n) is 10.5. The number of aryl methyl sites for hydroxylation is 4. The second-order valence-corrected chi connectivity index (χ2v) is 16.5. The summed E-state index contributed by atoms with van der Waals surface area (Å²) >= 11 is -3.59. The quantitative estimate of drug-likeness (QED) is 0.768. The van der Waals surface area contributed by atoms with Gasteiger partial charge in [-0.25, -0.2) is 0 Å². The molecule has 0 aliphatic carbocycles. The fourth-order valence-electron chi connectivity index (χ4n) is 2.29. The van der Waals surface area contributed by atoms with Crippen molar-refractivity contribution in [3.8, 4) is 0 Å². The maximum atomic E-state index is 6.79. The molecule has 0 aliphatic heterocycles. The van der Waals surface area contributed by atoms with E-state index in [4.69, 9.17) is 17.0 Å². The van der Waals surface area contributed by atoms with E-state index in [9.17, 15) is 0 Å². The van der Waals surface area contributed by atoms with Crippen LogP contribution < -0.4 is 0 Å². The average Bonchev–Trinajstić information content (AvgIpc) is 2.71. The Morgan fingerprint density at radius 3 is 1.18 bits per heavy atom. The van der Waals surface area contributed by atoms with Gasteiger partial charge >= 0.3 is 115 Å². The molecular weight excluding hydrogens is 334 g/mol. The Morgan fingerprint density at radius 2 is 0.941 bits per heavy atom. The Bertz CT molecular complexity index is 468. The van der Waals surface area contributed by atoms with Gasteiger partial charge in [-0.2, -0.15) is 0 Å². The first-order chi connectivity index (χ1) is 7.85. The molecule has 92 valence electrons. The molecule has 0 bridgehead atoms. The standard InChI is InChI=1S/2C6H8N.2ClH.Zr/c2*1-5-3-4-6(2)7-5;;;/h2*3-4H,1-2H3;2*1H;/q2*-1;;;+4/p-2. The second kappa shape index (κ2) is 4.61. The van der Waals surface area contributed by atoms with Crippen LogP contribution in [0.25, 0.3) is 0 Å². The molecule has 2 nitrogen and oxygen atoms in total. The Labute approximate surface area is 114 Å². The normalized spacial score (nSPS) is 12.1. The van der Waals surface area contributed by atoms with Gasteiger partial charge in [-0.3, -0.25) is 0 Å². The molecule has 0 aromatic carbocycles. The van der Waals surface area contributed by atoms with Crippen molar-refractivity contribution in [2.24, 2.45) is 0 Å². The Kier molecular flexibility index (Phi) is 3.64. The van der Waals surface area contributed by atoms with Crippen LogP contribution in [-0.4, -0.2) is 5.02 Å². The predicted octanol–water partition coefficient (Wildman–Crippen LogP) is 4.21. The van der Waals surface area contributed by atoms with Crippen molar-refractivity contribution in [3.63, 3.8) is 0 Å². The van der Waals surface area contributed by atoms with Crippen molar-refractivity contribution in [3.05, 3.63) is 47.0 Å². The molecule has 0 unspecified atom stereocenters. The zero-order valence-corrected chi connectivity index (χ0v) is 14.4. The molecule has 0 fully saturated rings. The molecule has 0 atom stereocenters. The average molecular weight is 350 g/mol. The fourth-order valence-corrected chi connectivity index (χ4v) is 14.0. The van der Waals surface area contributed by atoms with E-state index in [0.717, 1.165) is 22.8 Å². The van der Waals surface area contributed by atoms with Crippen LogP contribution in [0.5, 0.6) is 0 Å². The van der Waals surface area contributed by atoms with Gasteiger partial charge in [0.15, 0.2) is 0 Å². The van der Waals surface area contributed by atoms with Crippen molar-refractivity contribution >= 4 is 17.0 Å².